The number of hydrogen-bond donors (Lipinski definition) is 0. The molecule has 0 radical (unpaired) electrons. The van der Waals surface area contributed by atoms with Gasteiger partial charge in [-0.2, -0.15) is 4.57 Å². The molecule has 0 bridgehead atoms. The van der Waals surface area contributed by atoms with Gasteiger partial charge in [0.05, 0.1) is 12.6 Å². The van der Waals surface area contributed by atoms with Crippen molar-refractivity contribution in [3.8, 4) is 28.2 Å². The van der Waals surface area contributed by atoms with Crippen molar-refractivity contribution < 1.29 is 8.98 Å². The fourth-order valence-corrected chi connectivity index (χ4v) is 6.76. The minimum atomic E-state index is 0.165. The Labute approximate surface area is 236 Å². The van der Waals surface area contributed by atoms with Gasteiger partial charge in [0.25, 0.3) is 5.82 Å². The van der Waals surface area contributed by atoms with Crippen LogP contribution in [0.2, 0.25) is 0 Å². The number of furan rings is 1. The van der Waals surface area contributed by atoms with Gasteiger partial charge in [-0.25, -0.2) is 4.57 Å². The lowest BCUT2D eigenvalue weighted by Gasteiger charge is -2.42. The van der Waals surface area contributed by atoms with Crippen LogP contribution in [0.3, 0.4) is 0 Å². The summed E-state index contributed by atoms with van der Waals surface area (Å²) in [4.78, 5) is 0. The maximum Gasteiger partial charge on any atom is 0.294 e. The van der Waals surface area contributed by atoms with Gasteiger partial charge in [0, 0.05) is 16.3 Å². The molecule has 0 amide bonds. The third-order valence-electron chi connectivity index (χ3n) is 9.28. The van der Waals surface area contributed by atoms with E-state index in [2.05, 4.69) is 142 Å². The zero-order chi connectivity index (χ0) is 27.8. The molecule has 7 rings (SSSR count). The number of hydrogen-bond acceptors (Lipinski definition) is 1. The van der Waals surface area contributed by atoms with Crippen molar-refractivity contribution in [2.24, 2.45) is 7.05 Å². The quantitative estimate of drug-likeness (QED) is 0.211. The van der Waals surface area contributed by atoms with Gasteiger partial charge in [0.1, 0.15) is 29.2 Å². The molecule has 0 aliphatic heterocycles. The van der Waals surface area contributed by atoms with Crippen LogP contribution in [0.1, 0.15) is 57.2 Å². The van der Waals surface area contributed by atoms with Crippen LogP contribution in [0.25, 0.3) is 50.1 Å². The number of fused-ring (bicyclic) bond motifs is 4. The van der Waals surface area contributed by atoms with Crippen LogP contribution < -0.4 is 4.57 Å². The van der Waals surface area contributed by atoms with E-state index in [-0.39, 0.29) is 10.8 Å². The van der Waals surface area contributed by atoms with Crippen molar-refractivity contribution in [3.05, 3.63) is 108 Å². The van der Waals surface area contributed by atoms with E-state index in [4.69, 9.17) is 4.42 Å². The molecule has 200 valence electrons. The van der Waals surface area contributed by atoms with E-state index in [0.717, 1.165) is 39.0 Å². The van der Waals surface area contributed by atoms with Crippen LogP contribution in [0, 0.1) is 6.92 Å². The molecule has 40 heavy (non-hydrogen) atoms. The van der Waals surface area contributed by atoms with Gasteiger partial charge in [-0.1, -0.05) is 82.3 Å². The maximum absolute atomic E-state index is 6.66. The highest BCUT2D eigenvalue weighted by atomic mass is 16.3. The molecule has 2 heterocycles. The van der Waals surface area contributed by atoms with Crippen LogP contribution in [-0.4, -0.2) is 4.57 Å². The summed E-state index contributed by atoms with van der Waals surface area (Å²) >= 11 is 0. The van der Waals surface area contributed by atoms with Crippen LogP contribution >= 0.6 is 0 Å². The number of aromatic nitrogens is 2. The summed E-state index contributed by atoms with van der Waals surface area (Å²) in [6.07, 6.45) is 6.68. The minimum absolute atomic E-state index is 0.165. The van der Waals surface area contributed by atoms with Gasteiger partial charge in [-0.15, -0.1) is 0 Å². The highest BCUT2D eigenvalue weighted by Crippen LogP contribution is 2.47. The summed E-state index contributed by atoms with van der Waals surface area (Å²) in [6, 6.07) is 28.7. The summed E-state index contributed by atoms with van der Waals surface area (Å²) in [5, 5.41) is 2.31. The molecule has 0 unspecified atom stereocenters. The Kier molecular flexibility index (Phi) is 5.41. The van der Waals surface area contributed by atoms with Crippen molar-refractivity contribution in [2.75, 3.05) is 0 Å². The lowest BCUT2D eigenvalue weighted by atomic mass is 9.63. The van der Waals surface area contributed by atoms with Gasteiger partial charge in [0.2, 0.25) is 0 Å². The van der Waals surface area contributed by atoms with Gasteiger partial charge in [-0.05, 0) is 77.1 Å². The van der Waals surface area contributed by atoms with E-state index in [1.54, 1.807) is 0 Å². The van der Waals surface area contributed by atoms with Crippen LogP contribution in [0.4, 0.5) is 0 Å². The van der Waals surface area contributed by atoms with E-state index in [0.29, 0.717) is 0 Å². The first-order valence-electron chi connectivity index (χ1n) is 14.4. The largest absolute Gasteiger partial charge is 0.455 e. The van der Waals surface area contributed by atoms with Gasteiger partial charge in [0.15, 0.2) is 0 Å². The molecule has 1 aliphatic carbocycles. The van der Waals surface area contributed by atoms with Crippen molar-refractivity contribution in [1.29, 1.82) is 0 Å². The molecule has 0 saturated heterocycles. The highest BCUT2D eigenvalue weighted by molar-refractivity contribution is 6.10. The Morgan fingerprint density at radius 1 is 0.750 bits per heavy atom. The first-order valence-corrected chi connectivity index (χ1v) is 14.4. The first kappa shape index (κ1) is 24.9. The lowest BCUT2D eigenvalue weighted by molar-refractivity contribution is -0.659. The fraction of sp³-hybridized carbons (Fsp3) is 0.270. The molecule has 0 N–H and O–H groups in total. The molecule has 0 atom stereocenters. The Morgan fingerprint density at radius 2 is 1.50 bits per heavy atom. The fourth-order valence-electron chi connectivity index (χ4n) is 6.76. The molecule has 0 saturated carbocycles. The minimum Gasteiger partial charge on any atom is -0.455 e. The third-order valence-corrected chi connectivity index (χ3v) is 9.28. The van der Waals surface area contributed by atoms with Gasteiger partial charge < -0.3 is 4.42 Å². The van der Waals surface area contributed by atoms with E-state index in [9.17, 15) is 0 Å². The second kappa shape index (κ2) is 8.69. The number of aryl methyl sites for hydroxylation is 2. The van der Waals surface area contributed by atoms with Crippen LogP contribution in [-0.2, 0) is 17.9 Å². The number of rotatable bonds is 3. The Hall–Kier alpha value is -4.11. The molecule has 0 fully saturated rings. The van der Waals surface area contributed by atoms with E-state index in [1.165, 1.54) is 40.7 Å². The molecule has 1 aliphatic rings. The maximum atomic E-state index is 6.66. The van der Waals surface area contributed by atoms with E-state index >= 15 is 0 Å². The molecule has 2 aromatic heterocycles. The molecule has 3 heteroatoms. The number of para-hydroxylation sites is 2. The smallest absolute Gasteiger partial charge is 0.294 e. The Morgan fingerprint density at radius 3 is 2.27 bits per heavy atom. The van der Waals surface area contributed by atoms with Gasteiger partial charge in [-0.3, -0.25) is 0 Å². The summed E-state index contributed by atoms with van der Waals surface area (Å²) in [5.41, 5.74) is 11.2. The zero-order valence-corrected chi connectivity index (χ0v) is 24.4. The summed E-state index contributed by atoms with van der Waals surface area (Å²) in [5.74, 6) is 1.15. The van der Waals surface area contributed by atoms with Crippen molar-refractivity contribution in [2.45, 2.75) is 58.3 Å². The SMILES string of the molecule is Cc1cc2oc3c(-c4ccc5c(c4)C(C)(C)CCC5(C)C)cccc3c2cc1-c1n(-c2ccccc2)cc[n+]1C. The standard InChI is InChI=1S/C37H37N2O/c1-24-21-33-30(23-29(24)35-38(6)19-20-39(35)26-11-8-7-9-12-26)28-14-10-13-27(34(28)40-33)25-15-16-31-32(22-25)37(4,5)18-17-36(31,2)3/h7-16,19-23H,17-18H2,1-6H3/q+1. The second-order valence-corrected chi connectivity index (χ2v) is 12.9. The van der Waals surface area contributed by atoms with E-state index in [1.807, 2.05) is 0 Å². The second-order valence-electron chi connectivity index (χ2n) is 12.9. The lowest BCUT2D eigenvalue weighted by Crippen LogP contribution is -2.33. The molecule has 3 nitrogen and oxygen atoms in total. The first-order chi connectivity index (χ1) is 19.1. The van der Waals surface area contributed by atoms with Crippen molar-refractivity contribution in [3.63, 3.8) is 0 Å². The Bertz CT molecular complexity index is 1920. The zero-order valence-electron chi connectivity index (χ0n) is 24.4. The van der Waals surface area contributed by atoms with Crippen molar-refractivity contribution >= 4 is 21.9 Å². The molecule has 0 spiro atoms. The van der Waals surface area contributed by atoms with Gasteiger partial charge >= 0.3 is 0 Å². The summed E-state index contributed by atoms with van der Waals surface area (Å²) in [7, 11) is 2.11. The topological polar surface area (TPSA) is 21.9 Å². The average Bonchev–Trinajstić information content (AvgIpc) is 3.50. The number of imidazole rings is 1. The summed E-state index contributed by atoms with van der Waals surface area (Å²) < 4.78 is 11.1. The van der Waals surface area contributed by atoms with Crippen LogP contribution in [0.5, 0.6) is 0 Å². The Balaban J connectivity index is 1.42. The monoisotopic (exact) mass is 525 g/mol. The highest BCUT2D eigenvalue weighted by Gasteiger charge is 2.37. The predicted molar refractivity (Wildman–Crippen MR) is 165 cm³/mol. The number of nitrogens with zero attached hydrogens (tertiary/aromatic N) is 2. The predicted octanol–water partition coefficient (Wildman–Crippen LogP) is 9.19. The van der Waals surface area contributed by atoms with Crippen molar-refractivity contribution in [1.82, 2.24) is 4.57 Å². The molecular weight excluding hydrogens is 488 g/mol. The summed E-state index contributed by atoms with van der Waals surface area (Å²) in [6.45, 7) is 11.7. The average molecular weight is 526 g/mol. The molecule has 6 aromatic rings. The normalized spacial score (nSPS) is 15.9. The number of benzene rings is 4. The molecular formula is C37H37N2O+. The molecule has 4 aromatic carbocycles. The third kappa shape index (κ3) is 3.75. The van der Waals surface area contributed by atoms with Crippen LogP contribution in [0.15, 0.2) is 95.7 Å². The van der Waals surface area contributed by atoms with E-state index < -0.39 is 0 Å².